The van der Waals surface area contributed by atoms with E-state index in [4.69, 9.17) is 0 Å². The Bertz CT molecular complexity index is 778. The molecule has 0 aromatic carbocycles. The van der Waals surface area contributed by atoms with Crippen LogP contribution < -0.4 is 16.0 Å². The topological polar surface area (TPSA) is 96.8 Å². The van der Waals surface area contributed by atoms with Crippen molar-refractivity contribution in [3.8, 4) is 0 Å². The van der Waals surface area contributed by atoms with E-state index in [2.05, 4.69) is 31.0 Å². The Morgan fingerprint density at radius 2 is 2.14 bits per heavy atom. The highest BCUT2D eigenvalue weighted by molar-refractivity contribution is 5.92. The summed E-state index contributed by atoms with van der Waals surface area (Å²) < 4.78 is 39.6. The monoisotopic (exact) mass is 419 g/mol. The van der Waals surface area contributed by atoms with Gasteiger partial charge in [-0.1, -0.05) is 0 Å². The lowest BCUT2D eigenvalue weighted by Crippen LogP contribution is -2.32. The molecule has 3 rings (SSSR count). The number of piperidine rings is 1. The summed E-state index contributed by atoms with van der Waals surface area (Å²) in [5, 5.41) is 12.9. The van der Waals surface area contributed by atoms with E-state index in [0.717, 1.165) is 38.2 Å². The van der Waals surface area contributed by atoms with E-state index >= 15 is 0 Å². The highest BCUT2D eigenvalue weighted by Gasteiger charge is 2.32. The van der Waals surface area contributed by atoms with Gasteiger partial charge in [-0.15, -0.1) is 12.4 Å². The van der Waals surface area contributed by atoms with Crippen LogP contribution in [0, 0.1) is 0 Å². The lowest BCUT2D eigenvalue weighted by Gasteiger charge is -2.22. The zero-order chi connectivity index (χ0) is 19.3. The average molecular weight is 420 g/mol. The average Bonchev–Trinajstić information content (AvgIpc) is 3.16. The van der Waals surface area contributed by atoms with Crippen LogP contribution in [-0.2, 0) is 6.18 Å². The van der Waals surface area contributed by atoms with Gasteiger partial charge in [0.2, 0.25) is 5.95 Å². The first-order valence-corrected chi connectivity index (χ1v) is 8.61. The second-order valence-corrected chi connectivity index (χ2v) is 6.13. The molecular formula is C16H21ClF3N7O. The van der Waals surface area contributed by atoms with Gasteiger partial charge in [0.1, 0.15) is 11.4 Å². The third kappa shape index (κ3) is 5.80. The molecule has 1 unspecified atom stereocenters. The number of anilines is 1. The first-order chi connectivity index (χ1) is 12.9. The van der Waals surface area contributed by atoms with Gasteiger partial charge >= 0.3 is 6.18 Å². The van der Waals surface area contributed by atoms with Crippen molar-refractivity contribution in [2.75, 3.05) is 31.5 Å². The molecule has 154 valence electrons. The molecule has 2 aromatic heterocycles. The number of hydrogen-bond acceptors (Lipinski definition) is 6. The zero-order valence-electron chi connectivity index (χ0n) is 14.9. The molecule has 3 heterocycles. The molecule has 1 aliphatic heterocycles. The summed E-state index contributed by atoms with van der Waals surface area (Å²) in [6.45, 7) is 2.19. The molecule has 12 heteroatoms. The summed E-state index contributed by atoms with van der Waals surface area (Å²) in [6, 6.07) is 2.68. The lowest BCUT2D eigenvalue weighted by atomic mass is 10.1. The number of carbonyl (C=O) groups is 1. The van der Waals surface area contributed by atoms with E-state index in [9.17, 15) is 18.0 Å². The van der Waals surface area contributed by atoms with Crippen molar-refractivity contribution in [3.63, 3.8) is 0 Å². The number of hydrogen-bond donors (Lipinski definition) is 3. The van der Waals surface area contributed by atoms with Crippen LogP contribution in [0.2, 0.25) is 0 Å². The van der Waals surface area contributed by atoms with E-state index in [-0.39, 0.29) is 43.4 Å². The maximum Gasteiger partial charge on any atom is 0.433 e. The summed E-state index contributed by atoms with van der Waals surface area (Å²) in [5.41, 5.74) is -0.720. The maximum absolute atomic E-state index is 12.6. The van der Waals surface area contributed by atoms with Crippen molar-refractivity contribution in [1.29, 1.82) is 0 Å². The van der Waals surface area contributed by atoms with Gasteiger partial charge in [-0.25, -0.2) is 9.97 Å². The number of rotatable bonds is 6. The van der Waals surface area contributed by atoms with Crippen molar-refractivity contribution < 1.29 is 18.0 Å². The Hall–Kier alpha value is -2.40. The standard InChI is InChI=1S/C16H20F3N7O.ClH/c17-16(18,19)13-3-6-22-15(24-13)23-8-7-21-14(27)12-4-9-26(25-12)11-2-1-5-20-10-11;/h3-4,6,9,11,20H,1-2,5,7-8,10H2,(H,21,27)(H,22,23,24);1H. The molecule has 3 N–H and O–H groups in total. The maximum atomic E-state index is 12.6. The second-order valence-electron chi connectivity index (χ2n) is 6.13. The van der Waals surface area contributed by atoms with Gasteiger partial charge in [0.05, 0.1) is 6.04 Å². The number of aromatic nitrogens is 4. The molecule has 0 saturated carbocycles. The predicted octanol–water partition coefficient (Wildman–Crippen LogP) is 1.88. The third-order valence-corrected chi connectivity index (χ3v) is 4.13. The van der Waals surface area contributed by atoms with Gasteiger partial charge in [0.15, 0.2) is 0 Å². The number of halogens is 4. The highest BCUT2D eigenvalue weighted by atomic mass is 35.5. The number of carbonyl (C=O) groups excluding carboxylic acids is 1. The Morgan fingerprint density at radius 1 is 1.32 bits per heavy atom. The van der Waals surface area contributed by atoms with E-state index in [1.807, 2.05) is 0 Å². The SMILES string of the molecule is Cl.O=C(NCCNc1nccc(C(F)(F)F)n1)c1ccn(C2CCCNC2)n1. The predicted molar refractivity (Wildman–Crippen MR) is 98.5 cm³/mol. The molecule has 0 radical (unpaired) electrons. The lowest BCUT2D eigenvalue weighted by molar-refractivity contribution is -0.141. The van der Waals surface area contributed by atoms with Crippen molar-refractivity contribution in [1.82, 2.24) is 30.4 Å². The minimum absolute atomic E-state index is 0. The van der Waals surface area contributed by atoms with Crippen molar-refractivity contribution in [2.45, 2.75) is 25.1 Å². The summed E-state index contributed by atoms with van der Waals surface area (Å²) >= 11 is 0. The minimum atomic E-state index is -4.53. The van der Waals surface area contributed by atoms with Crippen LogP contribution in [0.5, 0.6) is 0 Å². The van der Waals surface area contributed by atoms with Gasteiger partial charge in [-0.05, 0) is 31.5 Å². The summed E-state index contributed by atoms with van der Waals surface area (Å²) in [6.07, 6.45) is 0.358. The van der Waals surface area contributed by atoms with Crippen LogP contribution in [0.3, 0.4) is 0 Å². The van der Waals surface area contributed by atoms with E-state index in [1.165, 1.54) is 0 Å². The van der Waals surface area contributed by atoms with Crippen molar-refractivity contribution >= 4 is 24.3 Å². The zero-order valence-corrected chi connectivity index (χ0v) is 15.7. The Morgan fingerprint density at radius 3 is 2.86 bits per heavy atom. The van der Waals surface area contributed by atoms with Crippen LogP contribution in [-0.4, -0.2) is 51.8 Å². The molecule has 0 spiro atoms. The van der Waals surface area contributed by atoms with E-state index in [0.29, 0.717) is 5.69 Å². The smallest absolute Gasteiger partial charge is 0.352 e. The van der Waals surface area contributed by atoms with Crippen LogP contribution >= 0.6 is 12.4 Å². The van der Waals surface area contributed by atoms with Crippen LogP contribution in [0.15, 0.2) is 24.5 Å². The van der Waals surface area contributed by atoms with Crippen LogP contribution in [0.1, 0.15) is 35.1 Å². The van der Waals surface area contributed by atoms with Gasteiger partial charge in [-0.2, -0.15) is 18.3 Å². The van der Waals surface area contributed by atoms with Crippen LogP contribution in [0.25, 0.3) is 0 Å². The fraction of sp³-hybridized carbons (Fsp3) is 0.500. The summed E-state index contributed by atoms with van der Waals surface area (Å²) in [7, 11) is 0. The summed E-state index contributed by atoms with van der Waals surface area (Å²) in [5.74, 6) is -0.488. The highest BCUT2D eigenvalue weighted by Crippen LogP contribution is 2.27. The molecule has 1 atom stereocenters. The molecule has 2 aromatic rings. The van der Waals surface area contributed by atoms with Gasteiger partial charge in [0, 0.05) is 32.0 Å². The van der Waals surface area contributed by atoms with Gasteiger partial charge in [-0.3, -0.25) is 9.48 Å². The largest absolute Gasteiger partial charge is 0.433 e. The molecule has 8 nitrogen and oxygen atoms in total. The van der Waals surface area contributed by atoms with Gasteiger partial charge < -0.3 is 16.0 Å². The molecular weight excluding hydrogens is 399 g/mol. The molecule has 28 heavy (non-hydrogen) atoms. The Kier molecular flexibility index (Phi) is 7.58. The fourth-order valence-electron chi connectivity index (χ4n) is 2.76. The third-order valence-electron chi connectivity index (χ3n) is 4.13. The molecule has 1 saturated heterocycles. The number of nitrogens with one attached hydrogen (secondary N) is 3. The molecule has 1 fully saturated rings. The van der Waals surface area contributed by atoms with E-state index < -0.39 is 11.9 Å². The summed E-state index contributed by atoms with van der Waals surface area (Å²) in [4.78, 5) is 19.2. The number of nitrogens with zero attached hydrogens (tertiary/aromatic N) is 4. The van der Waals surface area contributed by atoms with Crippen molar-refractivity contribution in [3.05, 3.63) is 35.9 Å². The first kappa shape index (κ1) is 21.9. The number of alkyl halides is 3. The Labute approximate surface area is 165 Å². The van der Waals surface area contributed by atoms with Crippen LogP contribution in [0.4, 0.5) is 19.1 Å². The number of amides is 1. The second kappa shape index (κ2) is 9.69. The van der Waals surface area contributed by atoms with Crippen molar-refractivity contribution in [2.24, 2.45) is 0 Å². The van der Waals surface area contributed by atoms with E-state index in [1.54, 1.807) is 16.9 Å². The first-order valence-electron chi connectivity index (χ1n) is 8.61. The molecule has 0 bridgehead atoms. The fourth-order valence-corrected chi connectivity index (χ4v) is 2.76. The van der Waals surface area contributed by atoms with Gasteiger partial charge in [0.25, 0.3) is 5.91 Å². The molecule has 0 aliphatic carbocycles. The normalized spacial score (nSPS) is 16.9. The molecule has 1 aliphatic rings. The Balaban J connectivity index is 0.00000280. The molecule has 1 amide bonds. The minimum Gasteiger partial charge on any atom is -0.352 e. The quantitative estimate of drug-likeness (QED) is 0.619.